The molecular formula is C30H37FN6O2. The zero-order valence-corrected chi connectivity index (χ0v) is 23.2. The molecule has 8 nitrogen and oxygen atoms in total. The minimum Gasteiger partial charge on any atom is -0.368 e. The number of hydrogen-bond donors (Lipinski definition) is 2. The SMILES string of the molecule is CC(=O)N([C@H]1C[C@@H]2C[C@H]([C@@H]1C)C2(C)C)N(C(=N)N)c1ccc2c(=O)n(CCc3ccc(C)cc3F)cnc2c1. The van der Waals surface area contributed by atoms with Gasteiger partial charge in [-0.1, -0.05) is 32.9 Å². The van der Waals surface area contributed by atoms with Gasteiger partial charge in [0.1, 0.15) is 5.82 Å². The van der Waals surface area contributed by atoms with E-state index in [1.165, 1.54) is 35.3 Å². The first-order valence-corrected chi connectivity index (χ1v) is 13.6. The Morgan fingerprint density at radius 1 is 1.23 bits per heavy atom. The molecule has 0 spiro atoms. The molecule has 6 rings (SSSR count). The van der Waals surface area contributed by atoms with Crippen LogP contribution in [0.4, 0.5) is 10.1 Å². The number of rotatable bonds is 5. The first-order chi connectivity index (χ1) is 18.4. The number of benzene rings is 2. The van der Waals surface area contributed by atoms with Crippen LogP contribution < -0.4 is 16.3 Å². The summed E-state index contributed by atoms with van der Waals surface area (Å²) >= 11 is 0. The third kappa shape index (κ3) is 4.57. The number of halogens is 1. The van der Waals surface area contributed by atoms with E-state index in [1.807, 2.05) is 13.0 Å². The van der Waals surface area contributed by atoms with Crippen LogP contribution in [0.25, 0.3) is 10.9 Å². The van der Waals surface area contributed by atoms with Crippen molar-refractivity contribution in [3.05, 3.63) is 70.0 Å². The summed E-state index contributed by atoms with van der Waals surface area (Å²) in [5, 5.41) is 11.9. The maximum Gasteiger partial charge on any atom is 0.261 e. The van der Waals surface area contributed by atoms with Crippen LogP contribution in [0.1, 0.15) is 51.7 Å². The molecule has 1 amide bonds. The molecule has 39 heavy (non-hydrogen) atoms. The van der Waals surface area contributed by atoms with Gasteiger partial charge < -0.3 is 5.73 Å². The molecule has 0 unspecified atom stereocenters. The van der Waals surface area contributed by atoms with Gasteiger partial charge in [0.25, 0.3) is 5.56 Å². The average Bonchev–Trinajstić information content (AvgIpc) is 2.87. The second-order valence-electron chi connectivity index (χ2n) is 11.9. The Hall–Kier alpha value is -3.75. The molecule has 0 radical (unpaired) electrons. The molecule has 206 valence electrons. The van der Waals surface area contributed by atoms with Gasteiger partial charge in [0, 0.05) is 13.5 Å². The molecule has 3 aromatic rings. The number of hydrazine groups is 1. The normalized spacial score (nSPS) is 23.2. The van der Waals surface area contributed by atoms with Gasteiger partial charge in [-0.05, 0) is 84.7 Å². The highest BCUT2D eigenvalue weighted by Gasteiger charge is 2.58. The van der Waals surface area contributed by atoms with Gasteiger partial charge in [-0.15, -0.1) is 0 Å². The summed E-state index contributed by atoms with van der Waals surface area (Å²) in [6, 6.07) is 10.0. The van der Waals surface area contributed by atoms with Crippen LogP contribution in [0.5, 0.6) is 0 Å². The Balaban J connectivity index is 1.44. The standard InChI is InChI=1S/C30H37FN6O2/c1-17-6-7-20(25(31)12-17)10-11-35-16-34-26-15-22(8-9-23(26)28(35)39)37(29(32)33)36(19(3)38)27-14-21-13-24(18(27)2)30(21,4)5/h6-9,12,15-16,18,21,24,27H,10-11,13-14H2,1-5H3,(H3,32,33)/t18-,21-,24+,27-/m0/s1. The van der Waals surface area contributed by atoms with E-state index in [9.17, 15) is 14.0 Å². The topological polar surface area (TPSA) is 108 Å². The highest BCUT2D eigenvalue weighted by molar-refractivity contribution is 5.97. The second-order valence-corrected chi connectivity index (χ2v) is 11.9. The highest BCUT2D eigenvalue weighted by Crippen LogP contribution is 2.62. The number of aromatic nitrogens is 2. The molecule has 3 fully saturated rings. The third-order valence-electron chi connectivity index (χ3n) is 9.28. The fourth-order valence-electron chi connectivity index (χ4n) is 6.88. The van der Waals surface area contributed by atoms with Gasteiger partial charge in [-0.2, -0.15) is 0 Å². The lowest BCUT2D eigenvalue weighted by Gasteiger charge is -2.63. The highest BCUT2D eigenvalue weighted by atomic mass is 19.1. The molecular weight excluding hydrogens is 495 g/mol. The van der Waals surface area contributed by atoms with Crippen LogP contribution in [0, 0.1) is 41.3 Å². The Morgan fingerprint density at radius 2 is 1.97 bits per heavy atom. The van der Waals surface area contributed by atoms with Gasteiger partial charge in [-0.25, -0.2) is 19.4 Å². The van der Waals surface area contributed by atoms with E-state index in [0.29, 0.717) is 47.0 Å². The van der Waals surface area contributed by atoms with E-state index in [2.05, 4.69) is 25.8 Å². The van der Waals surface area contributed by atoms with Crippen molar-refractivity contribution in [1.82, 2.24) is 14.6 Å². The Labute approximate surface area is 228 Å². The van der Waals surface area contributed by atoms with Gasteiger partial charge in [0.05, 0.1) is 29.0 Å². The molecule has 4 atom stereocenters. The van der Waals surface area contributed by atoms with Crippen molar-refractivity contribution in [2.45, 2.75) is 66.5 Å². The molecule has 3 aliphatic carbocycles. The Morgan fingerprint density at radius 3 is 2.59 bits per heavy atom. The molecule has 2 aromatic carbocycles. The average molecular weight is 533 g/mol. The lowest BCUT2D eigenvalue weighted by molar-refractivity contribution is -0.156. The fourth-order valence-corrected chi connectivity index (χ4v) is 6.88. The van der Waals surface area contributed by atoms with Crippen LogP contribution >= 0.6 is 0 Å². The number of amides is 1. The van der Waals surface area contributed by atoms with Gasteiger partial charge in [0.15, 0.2) is 0 Å². The summed E-state index contributed by atoms with van der Waals surface area (Å²) in [6.07, 6.45) is 3.84. The number of hydrogen-bond acceptors (Lipinski definition) is 4. The molecule has 9 heteroatoms. The van der Waals surface area contributed by atoms with Crippen LogP contribution in [-0.2, 0) is 17.8 Å². The summed E-state index contributed by atoms with van der Waals surface area (Å²) in [7, 11) is 0. The fraction of sp³-hybridized carbons (Fsp3) is 0.467. The molecule has 1 heterocycles. The molecule has 1 aromatic heterocycles. The van der Waals surface area contributed by atoms with Crippen LogP contribution in [0.2, 0.25) is 0 Å². The predicted molar refractivity (Wildman–Crippen MR) is 151 cm³/mol. The number of anilines is 1. The van der Waals surface area contributed by atoms with E-state index < -0.39 is 0 Å². The number of nitrogens with two attached hydrogens (primary N) is 1. The summed E-state index contributed by atoms with van der Waals surface area (Å²) in [4.78, 5) is 30.7. The number of nitrogens with one attached hydrogen (secondary N) is 1. The first kappa shape index (κ1) is 26.8. The van der Waals surface area contributed by atoms with Crippen molar-refractivity contribution in [1.29, 1.82) is 5.41 Å². The number of carbonyl (C=O) groups is 1. The summed E-state index contributed by atoms with van der Waals surface area (Å²) in [5.74, 6) is 0.525. The number of carbonyl (C=O) groups excluding carboxylic acids is 1. The molecule has 3 aliphatic rings. The molecule has 3 saturated carbocycles. The van der Waals surface area contributed by atoms with Crippen molar-refractivity contribution >= 4 is 28.5 Å². The lowest BCUT2D eigenvalue weighted by atomic mass is 9.44. The van der Waals surface area contributed by atoms with E-state index >= 15 is 0 Å². The summed E-state index contributed by atoms with van der Waals surface area (Å²) < 4.78 is 15.7. The lowest BCUT2D eigenvalue weighted by Crippen LogP contribution is -2.66. The number of guanidine groups is 1. The minimum absolute atomic E-state index is 0.0815. The summed E-state index contributed by atoms with van der Waals surface area (Å²) in [6.45, 7) is 10.4. The largest absolute Gasteiger partial charge is 0.368 e. The van der Waals surface area contributed by atoms with E-state index in [0.717, 1.165) is 12.0 Å². The second kappa shape index (κ2) is 9.77. The quantitative estimate of drug-likeness (QED) is 0.283. The van der Waals surface area contributed by atoms with Crippen molar-refractivity contribution in [2.75, 3.05) is 5.01 Å². The summed E-state index contributed by atoms with van der Waals surface area (Å²) in [5.41, 5.74) is 8.41. The van der Waals surface area contributed by atoms with E-state index in [-0.39, 0.29) is 40.6 Å². The van der Waals surface area contributed by atoms with Crippen LogP contribution in [-0.4, -0.2) is 32.5 Å². The van der Waals surface area contributed by atoms with E-state index in [4.69, 9.17) is 11.1 Å². The van der Waals surface area contributed by atoms with Gasteiger partial charge in [-0.3, -0.25) is 19.6 Å². The minimum atomic E-state index is -0.283. The Kier molecular flexibility index (Phi) is 6.73. The zero-order chi connectivity index (χ0) is 28.2. The van der Waals surface area contributed by atoms with Gasteiger partial charge >= 0.3 is 0 Å². The Bertz CT molecular complexity index is 1520. The smallest absolute Gasteiger partial charge is 0.261 e. The third-order valence-corrected chi connectivity index (χ3v) is 9.28. The monoisotopic (exact) mass is 532 g/mol. The number of fused-ring (bicyclic) bond motifs is 3. The number of nitrogens with zero attached hydrogens (tertiary/aromatic N) is 4. The first-order valence-electron chi connectivity index (χ1n) is 13.6. The van der Waals surface area contributed by atoms with Crippen molar-refractivity contribution < 1.29 is 9.18 Å². The maximum atomic E-state index is 14.3. The van der Waals surface area contributed by atoms with Crippen LogP contribution in [0.3, 0.4) is 0 Å². The predicted octanol–water partition coefficient (Wildman–Crippen LogP) is 4.62. The molecule has 2 bridgehead atoms. The van der Waals surface area contributed by atoms with Gasteiger partial charge in [0.2, 0.25) is 11.9 Å². The molecule has 0 saturated heterocycles. The number of aryl methyl sites for hydroxylation is 3. The van der Waals surface area contributed by atoms with Crippen molar-refractivity contribution in [3.63, 3.8) is 0 Å². The molecule has 0 aliphatic heterocycles. The van der Waals surface area contributed by atoms with Crippen molar-refractivity contribution in [3.8, 4) is 0 Å². The van der Waals surface area contributed by atoms with Crippen molar-refractivity contribution in [2.24, 2.45) is 28.9 Å². The maximum absolute atomic E-state index is 14.3. The zero-order valence-electron chi connectivity index (χ0n) is 23.2. The van der Waals surface area contributed by atoms with E-state index in [1.54, 1.807) is 29.3 Å². The van der Waals surface area contributed by atoms with Crippen LogP contribution in [0.15, 0.2) is 47.5 Å². The molecule has 3 N–H and O–H groups in total.